The number of nitrogens with one attached hydrogen (secondary N) is 2. The van der Waals surface area contributed by atoms with Gasteiger partial charge in [-0.1, -0.05) is 48.5 Å². The molecule has 0 saturated carbocycles. The average molecular weight is 275 g/mol. The number of hydrogen-bond donors (Lipinski definition) is 2. The van der Waals surface area contributed by atoms with Crippen LogP contribution in [0.1, 0.15) is 30.5 Å². The summed E-state index contributed by atoms with van der Waals surface area (Å²) in [6.45, 7) is 5.35. The van der Waals surface area contributed by atoms with Crippen LogP contribution in [0.4, 0.5) is 0 Å². The van der Waals surface area contributed by atoms with E-state index in [2.05, 4.69) is 53.4 Å². The Labute approximate surface area is 119 Å². The van der Waals surface area contributed by atoms with Crippen molar-refractivity contribution in [3.63, 3.8) is 0 Å². The second-order valence-electron chi connectivity index (χ2n) is 4.62. The summed E-state index contributed by atoms with van der Waals surface area (Å²) in [5.41, 5.74) is 2.65. The minimum atomic E-state index is 0.371. The van der Waals surface area contributed by atoms with E-state index in [1.165, 1.54) is 11.1 Å². The van der Waals surface area contributed by atoms with Crippen molar-refractivity contribution < 1.29 is 0 Å². The molecule has 4 heteroatoms. The van der Waals surface area contributed by atoms with Crippen molar-refractivity contribution in [2.45, 2.75) is 31.5 Å². The van der Waals surface area contributed by atoms with Crippen LogP contribution >= 0.6 is 11.8 Å². The number of aromatic amines is 1. The summed E-state index contributed by atoms with van der Waals surface area (Å²) < 4.78 is 0. The van der Waals surface area contributed by atoms with Crippen LogP contribution in [-0.4, -0.2) is 22.3 Å². The lowest BCUT2D eigenvalue weighted by Gasteiger charge is -2.18. The van der Waals surface area contributed by atoms with E-state index in [-0.39, 0.29) is 0 Å². The monoisotopic (exact) mass is 275 g/mol. The predicted molar refractivity (Wildman–Crippen MR) is 81.5 cm³/mol. The van der Waals surface area contributed by atoms with Gasteiger partial charge in [0.25, 0.3) is 0 Å². The molecular formula is C15H21N3S. The number of aromatic nitrogens is 2. The normalized spacial score (nSPS) is 12.5. The molecule has 1 unspecified atom stereocenters. The first-order valence-electron chi connectivity index (χ1n) is 6.71. The minimum absolute atomic E-state index is 0.371. The van der Waals surface area contributed by atoms with Crippen molar-refractivity contribution >= 4 is 11.8 Å². The van der Waals surface area contributed by atoms with Crippen LogP contribution in [0.2, 0.25) is 0 Å². The summed E-state index contributed by atoms with van der Waals surface area (Å²) in [6.07, 6.45) is 4.80. The number of benzene rings is 1. The Bertz CT molecular complexity index is 465. The molecular weight excluding hydrogens is 254 g/mol. The van der Waals surface area contributed by atoms with Crippen molar-refractivity contribution in [2.75, 3.05) is 12.3 Å². The topological polar surface area (TPSA) is 40.7 Å². The van der Waals surface area contributed by atoms with Crippen LogP contribution in [0.5, 0.6) is 0 Å². The minimum Gasteiger partial charge on any atom is -0.340 e. The highest BCUT2D eigenvalue weighted by Crippen LogP contribution is 2.22. The third-order valence-corrected chi connectivity index (χ3v) is 3.98. The summed E-state index contributed by atoms with van der Waals surface area (Å²) in [5.74, 6) is 0.983. The first-order valence-corrected chi connectivity index (χ1v) is 7.70. The van der Waals surface area contributed by atoms with Crippen LogP contribution in [0.25, 0.3) is 0 Å². The van der Waals surface area contributed by atoms with Gasteiger partial charge in [0.2, 0.25) is 0 Å². The zero-order chi connectivity index (χ0) is 13.5. The Balaban J connectivity index is 2.00. The molecule has 0 amide bonds. The molecule has 0 radical (unpaired) electrons. The quantitative estimate of drug-likeness (QED) is 0.759. The van der Waals surface area contributed by atoms with E-state index in [0.29, 0.717) is 6.04 Å². The van der Waals surface area contributed by atoms with Gasteiger partial charge in [0.1, 0.15) is 0 Å². The molecule has 2 aromatic rings. The number of imidazole rings is 1. The highest BCUT2D eigenvalue weighted by Gasteiger charge is 2.11. The van der Waals surface area contributed by atoms with E-state index in [1.807, 2.05) is 6.20 Å². The van der Waals surface area contributed by atoms with E-state index in [9.17, 15) is 0 Å². The van der Waals surface area contributed by atoms with Crippen LogP contribution in [0, 0.1) is 6.92 Å². The molecule has 0 aliphatic carbocycles. The maximum atomic E-state index is 4.26. The highest BCUT2D eigenvalue weighted by molar-refractivity contribution is 7.99. The first kappa shape index (κ1) is 14.2. The van der Waals surface area contributed by atoms with Gasteiger partial charge in [-0.3, -0.25) is 0 Å². The van der Waals surface area contributed by atoms with E-state index >= 15 is 0 Å². The molecule has 19 heavy (non-hydrogen) atoms. The maximum Gasteiger partial charge on any atom is 0.165 e. The average Bonchev–Trinajstić information content (AvgIpc) is 2.93. The molecule has 2 N–H and O–H groups in total. The van der Waals surface area contributed by atoms with Gasteiger partial charge in [0, 0.05) is 24.2 Å². The fourth-order valence-corrected chi connectivity index (χ4v) is 2.80. The fraction of sp³-hybridized carbons (Fsp3) is 0.400. The van der Waals surface area contributed by atoms with Crippen molar-refractivity contribution in [3.8, 4) is 0 Å². The van der Waals surface area contributed by atoms with Gasteiger partial charge in [0.05, 0.1) is 0 Å². The van der Waals surface area contributed by atoms with Crippen molar-refractivity contribution in [2.24, 2.45) is 0 Å². The van der Waals surface area contributed by atoms with Crippen molar-refractivity contribution in [1.29, 1.82) is 0 Å². The number of hydrogen-bond acceptors (Lipinski definition) is 3. The molecule has 0 bridgehead atoms. The Morgan fingerprint density at radius 1 is 1.32 bits per heavy atom. The van der Waals surface area contributed by atoms with Gasteiger partial charge in [-0.15, -0.1) is 0 Å². The second-order valence-corrected chi connectivity index (χ2v) is 5.63. The molecule has 0 fully saturated rings. The maximum absolute atomic E-state index is 4.26. The predicted octanol–water partition coefficient (Wildman–Crippen LogP) is 3.55. The molecule has 2 rings (SSSR count). The van der Waals surface area contributed by atoms with Crippen molar-refractivity contribution in [3.05, 3.63) is 47.8 Å². The van der Waals surface area contributed by atoms with Gasteiger partial charge in [-0.05, 0) is 25.5 Å². The van der Waals surface area contributed by atoms with Gasteiger partial charge in [0.15, 0.2) is 5.16 Å². The Kier molecular flexibility index (Phi) is 5.48. The van der Waals surface area contributed by atoms with E-state index in [4.69, 9.17) is 0 Å². The molecule has 1 aromatic heterocycles. The molecule has 0 aliphatic rings. The Morgan fingerprint density at radius 2 is 2.11 bits per heavy atom. The number of aryl methyl sites for hydroxylation is 1. The van der Waals surface area contributed by atoms with Gasteiger partial charge in [-0.25, -0.2) is 4.98 Å². The number of nitrogens with zero attached hydrogens (tertiary/aromatic N) is 1. The number of rotatable bonds is 7. The molecule has 1 heterocycles. The van der Waals surface area contributed by atoms with Gasteiger partial charge >= 0.3 is 0 Å². The fourth-order valence-electron chi connectivity index (χ4n) is 1.88. The van der Waals surface area contributed by atoms with E-state index in [0.717, 1.165) is 23.9 Å². The largest absolute Gasteiger partial charge is 0.340 e. The lowest BCUT2D eigenvalue weighted by atomic mass is 10.1. The molecule has 1 atom stereocenters. The molecule has 1 aromatic carbocycles. The molecule has 102 valence electrons. The van der Waals surface area contributed by atoms with Crippen LogP contribution < -0.4 is 5.32 Å². The highest BCUT2D eigenvalue weighted by atomic mass is 32.2. The van der Waals surface area contributed by atoms with Crippen LogP contribution in [-0.2, 0) is 0 Å². The summed E-state index contributed by atoms with van der Waals surface area (Å²) in [5, 5.41) is 4.59. The zero-order valence-corrected chi connectivity index (χ0v) is 12.3. The van der Waals surface area contributed by atoms with Crippen LogP contribution in [0.15, 0.2) is 41.8 Å². The number of H-pyrrole nitrogens is 1. The van der Waals surface area contributed by atoms with E-state index in [1.54, 1.807) is 18.0 Å². The standard InChI is InChI=1S/C15H21N3S/c1-3-8-16-14(11-19-15-17-9-10-18-15)13-6-4-12(2)5-7-13/h4-7,9-10,14,16H,3,8,11H2,1-2H3,(H,17,18). The van der Waals surface area contributed by atoms with Gasteiger partial charge in [-0.2, -0.15) is 0 Å². The third-order valence-electron chi connectivity index (χ3n) is 2.98. The summed E-state index contributed by atoms with van der Waals surface area (Å²) in [7, 11) is 0. The molecule has 0 saturated heterocycles. The smallest absolute Gasteiger partial charge is 0.165 e. The summed E-state index contributed by atoms with van der Waals surface area (Å²) >= 11 is 1.76. The second kappa shape index (κ2) is 7.36. The summed E-state index contributed by atoms with van der Waals surface area (Å²) in [6, 6.07) is 9.15. The van der Waals surface area contributed by atoms with Crippen molar-refractivity contribution in [1.82, 2.24) is 15.3 Å². The summed E-state index contributed by atoms with van der Waals surface area (Å²) in [4.78, 5) is 7.39. The van der Waals surface area contributed by atoms with Crippen LogP contribution in [0.3, 0.4) is 0 Å². The van der Waals surface area contributed by atoms with E-state index < -0.39 is 0 Å². The SMILES string of the molecule is CCCNC(CSc1ncc[nH]1)c1ccc(C)cc1. The van der Waals surface area contributed by atoms with Gasteiger partial charge < -0.3 is 10.3 Å². The zero-order valence-electron chi connectivity index (χ0n) is 11.5. The lowest BCUT2D eigenvalue weighted by molar-refractivity contribution is 0.577. The third kappa shape index (κ3) is 4.40. The Morgan fingerprint density at radius 3 is 2.74 bits per heavy atom. The molecule has 3 nitrogen and oxygen atoms in total. The first-order chi connectivity index (χ1) is 9.29. The molecule has 0 spiro atoms. The Hall–Kier alpha value is -1.26. The lowest BCUT2D eigenvalue weighted by Crippen LogP contribution is -2.24. The molecule has 0 aliphatic heterocycles. The number of thioether (sulfide) groups is 1.